The van der Waals surface area contributed by atoms with Crippen molar-refractivity contribution in [3.63, 3.8) is 0 Å². The topological polar surface area (TPSA) is 355 Å². The third kappa shape index (κ3) is 15.0. The Morgan fingerprint density at radius 1 is 1.10 bits per heavy atom. The largest absolute Gasteiger partial charge is 1.00 e. The number of nitrogen functional groups attached to an aromatic ring is 1. The minimum Gasteiger partial charge on any atom is -0.756 e. The quantitative estimate of drug-likeness (QED) is 0.0419. The van der Waals surface area contributed by atoms with E-state index in [1.165, 1.54) is 13.8 Å². The molecule has 7 N–H and O–H groups in total. The summed E-state index contributed by atoms with van der Waals surface area (Å²) in [5.74, 6) is -1.03. The number of phosphoric acid groups is 3. The minimum absolute atomic E-state index is 0. The third-order valence-electron chi connectivity index (χ3n) is 6.49. The first kappa shape index (κ1) is 50.7. The number of anilines is 1. The molecule has 8 unspecified atom stereocenters. The maximum absolute atomic E-state index is 12.4. The summed E-state index contributed by atoms with van der Waals surface area (Å²) in [5.41, 5.74) is 4.15. The molecule has 272 valence electrons. The number of thiol groups is 1. The number of imidazole rings is 1. The average molecular weight is 785 g/mol. The molecular formula is C21H33Li3N7O16P3S. The van der Waals surface area contributed by atoms with Gasteiger partial charge in [0.05, 0.1) is 19.5 Å². The molecule has 3 heterocycles. The van der Waals surface area contributed by atoms with Crippen LogP contribution < -0.4 is 87.6 Å². The molecule has 1 fully saturated rings. The van der Waals surface area contributed by atoms with Gasteiger partial charge in [-0.05, 0) is 0 Å². The first-order valence-electron chi connectivity index (χ1n) is 13.6. The Morgan fingerprint density at radius 3 is 2.33 bits per heavy atom. The SMILES string of the molecule is CC(C)(COP(=O)([O-])OP(=O)([O-])OCC1OC(n2cnc3c(N)ncnc32)C(O)C1OP(=O)([O-])O)C(O)C(=O)NCCC(=O)NCCS.[Li+].[Li+].[Li+]. The number of nitrogens with one attached hydrogen (secondary N) is 2. The number of aliphatic hydroxyl groups is 2. The van der Waals surface area contributed by atoms with E-state index in [-0.39, 0.29) is 92.4 Å². The summed E-state index contributed by atoms with van der Waals surface area (Å²) >= 11 is 3.94. The van der Waals surface area contributed by atoms with Crippen LogP contribution in [-0.2, 0) is 45.9 Å². The van der Waals surface area contributed by atoms with Gasteiger partial charge in [0.25, 0.3) is 23.5 Å². The summed E-state index contributed by atoms with van der Waals surface area (Å²) in [5, 5.41) is 26.0. The van der Waals surface area contributed by atoms with E-state index in [1.807, 2.05) is 0 Å². The van der Waals surface area contributed by atoms with Crippen LogP contribution in [0.4, 0.5) is 5.82 Å². The number of ether oxygens (including phenoxy) is 1. The molecule has 0 aliphatic carbocycles. The van der Waals surface area contributed by atoms with E-state index >= 15 is 0 Å². The van der Waals surface area contributed by atoms with Gasteiger partial charge in [0.15, 0.2) is 17.7 Å². The molecule has 1 aliphatic rings. The molecule has 51 heavy (non-hydrogen) atoms. The van der Waals surface area contributed by atoms with Gasteiger partial charge in [-0.25, -0.2) is 19.3 Å². The van der Waals surface area contributed by atoms with Crippen molar-refractivity contribution < 1.29 is 132 Å². The van der Waals surface area contributed by atoms with Crippen LogP contribution in [0.15, 0.2) is 12.7 Å². The summed E-state index contributed by atoms with van der Waals surface area (Å²) < 4.78 is 60.4. The molecule has 2 amide bonds. The Labute approximate surface area is 332 Å². The molecule has 1 saturated heterocycles. The van der Waals surface area contributed by atoms with Crippen molar-refractivity contribution in [3.05, 3.63) is 12.7 Å². The summed E-state index contributed by atoms with van der Waals surface area (Å²) in [6.07, 6.45) is -7.21. The number of nitrogens with zero attached hydrogens (tertiary/aromatic N) is 4. The third-order valence-corrected chi connectivity index (χ3v) is 9.74. The van der Waals surface area contributed by atoms with Crippen molar-refractivity contribution in [2.24, 2.45) is 5.41 Å². The van der Waals surface area contributed by atoms with Gasteiger partial charge in [0.2, 0.25) is 11.8 Å². The van der Waals surface area contributed by atoms with E-state index in [0.717, 1.165) is 17.2 Å². The standard InChI is InChI=1S/C21H36N7O16P3S.3Li/c1-21(2,16(31)19(32)24-4-3-12(29)23-5-6-48)8-41-47(38,39)44-46(36,37)40-7-11-15(43-45(33,34)35)14(30)20(42-11)28-10-27-13-17(22)25-9-26-18(13)28;;;/h9-11,14-16,20,30-31,48H,3-8H2,1-2H3,(H,23,29)(H,24,32)(H,36,37)(H,38,39)(H2,22,25,26)(H2,33,34,35);;;/q;3*+1/p-3. The summed E-state index contributed by atoms with van der Waals surface area (Å²) in [6.45, 7) is 0.374. The van der Waals surface area contributed by atoms with Crippen molar-refractivity contribution in [2.75, 3.05) is 37.8 Å². The van der Waals surface area contributed by atoms with E-state index in [2.05, 4.69) is 56.1 Å². The van der Waals surface area contributed by atoms with E-state index in [4.69, 9.17) is 10.5 Å². The molecule has 2 aromatic rings. The van der Waals surface area contributed by atoms with Gasteiger partial charge in [-0.15, -0.1) is 0 Å². The van der Waals surface area contributed by atoms with Crippen LogP contribution in [0.2, 0.25) is 0 Å². The molecule has 1 aliphatic heterocycles. The fraction of sp³-hybridized carbons (Fsp3) is 0.667. The molecule has 0 bridgehead atoms. The normalized spacial score (nSPS) is 22.9. The van der Waals surface area contributed by atoms with E-state index in [1.54, 1.807) is 0 Å². The van der Waals surface area contributed by atoms with Crippen molar-refractivity contribution in [1.82, 2.24) is 30.2 Å². The molecule has 0 aromatic carbocycles. The fourth-order valence-corrected chi connectivity index (χ4v) is 6.97. The molecule has 0 spiro atoms. The number of amides is 2. The Kier molecular flexibility index (Phi) is 21.0. The van der Waals surface area contributed by atoms with Crippen LogP contribution in [0, 0.1) is 5.41 Å². The molecule has 30 heteroatoms. The predicted octanol–water partition coefficient (Wildman–Crippen LogP) is -12.5. The maximum atomic E-state index is 12.4. The molecule has 8 atom stereocenters. The number of hydrogen-bond acceptors (Lipinski definition) is 20. The summed E-state index contributed by atoms with van der Waals surface area (Å²) in [7, 11) is -17.2. The van der Waals surface area contributed by atoms with Crippen LogP contribution in [0.1, 0.15) is 26.5 Å². The number of aliphatic hydroxyl groups excluding tert-OH is 2. The van der Waals surface area contributed by atoms with E-state index in [9.17, 15) is 53.1 Å². The number of hydrogen-bond donors (Lipinski definition) is 7. The predicted molar refractivity (Wildman–Crippen MR) is 157 cm³/mol. The molecule has 3 rings (SSSR count). The van der Waals surface area contributed by atoms with E-state index < -0.39 is 78.6 Å². The number of carbonyl (C=O) groups excluding carboxylic acids is 2. The number of fused-ring (bicyclic) bond motifs is 1. The first-order valence-corrected chi connectivity index (χ1v) is 18.7. The number of carbonyl (C=O) groups is 2. The van der Waals surface area contributed by atoms with Crippen molar-refractivity contribution in [2.45, 2.75) is 50.9 Å². The van der Waals surface area contributed by atoms with Gasteiger partial charge in [-0.2, -0.15) is 12.6 Å². The summed E-state index contributed by atoms with van der Waals surface area (Å²) in [4.78, 5) is 81.0. The van der Waals surface area contributed by atoms with Crippen molar-refractivity contribution in [1.29, 1.82) is 0 Å². The second-order valence-electron chi connectivity index (χ2n) is 10.7. The van der Waals surface area contributed by atoms with Crippen LogP contribution in [0.25, 0.3) is 11.2 Å². The second-order valence-corrected chi connectivity index (χ2v) is 15.3. The average Bonchev–Trinajstić information content (AvgIpc) is 3.54. The second kappa shape index (κ2) is 21.1. The first-order chi connectivity index (χ1) is 22.2. The minimum atomic E-state index is -5.87. The number of nitrogens with two attached hydrogens (primary N) is 1. The molecule has 0 radical (unpaired) electrons. The van der Waals surface area contributed by atoms with Gasteiger partial charge in [-0.3, -0.25) is 27.9 Å². The van der Waals surface area contributed by atoms with Gasteiger partial charge in [-0.1, -0.05) is 13.8 Å². The van der Waals surface area contributed by atoms with Gasteiger partial charge in [0, 0.05) is 30.7 Å². The van der Waals surface area contributed by atoms with Crippen LogP contribution >= 0.6 is 36.1 Å². The summed E-state index contributed by atoms with van der Waals surface area (Å²) in [6, 6.07) is 0. The van der Waals surface area contributed by atoms with Crippen LogP contribution in [-0.4, -0.2) is 103 Å². The molecule has 2 aromatic heterocycles. The van der Waals surface area contributed by atoms with Gasteiger partial charge in [0.1, 0.15) is 36.3 Å². The monoisotopic (exact) mass is 785 g/mol. The van der Waals surface area contributed by atoms with Gasteiger partial charge < -0.3 is 64.5 Å². The van der Waals surface area contributed by atoms with Crippen LogP contribution in [0.3, 0.4) is 0 Å². The van der Waals surface area contributed by atoms with Crippen molar-refractivity contribution >= 4 is 64.9 Å². The smallest absolute Gasteiger partial charge is 0.756 e. The molecule has 0 saturated carbocycles. The maximum Gasteiger partial charge on any atom is 1.00 e. The number of aromatic nitrogens is 4. The molecular weight excluding hydrogens is 752 g/mol. The zero-order valence-electron chi connectivity index (χ0n) is 28.1. The van der Waals surface area contributed by atoms with Crippen LogP contribution in [0.5, 0.6) is 0 Å². The van der Waals surface area contributed by atoms with Crippen molar-refractivity contribution in [3.8, 4) is 0 Å². The Morgan fingerprint density at radius 2 is 1.73 bits per heavy atom. The Hall–Kier alpha value is -0.318. The Balaban J connectivity index is 0.00000833. The zero-order chi connectivity index (χ0) is 36.1. The van der Waals surface area contributed by atoms with Gasteiger partial charge >= 0.3 is 56.6 Å². The molecule has 23 nitrogen and oxygen atoms in total. The van der Waals surface area contributed by atoms with E-state index in [0.29, 0.717) is 12.3 Å². The number of rotatable bonds is 18. The number of phosphoric ester groups is 3. The fourth-order valence-electron chi connectivity index (χ4n) is 4.12. The zero-order valence-corrected chi connectivity index (χ0v) is 31.7. The Bertz CT molecular complexity index is 1610.